The normalized spacial score (nSPS) is 19.5. The number of aliphatic carboxylic acids is 1. The number of urea groups is 1. The van der Waals surface area contributed by atoms with Gasteiger partial charge in [0.2, 0.25) is 0 Å². The maximum absolute atomic E-state index is 11.6. The van der Waals surface area contributed by atoms with Gasteiger partial charge in [-0.1, -0.05) is 13.8 Å². The summed E-state index contributed by atoms with van der Waals surface area (Å²) >= 11 is 0. The van der Waals surface area contributed by atoms with E-state index in [1.54, 1.807) is 6.92 Å². The van der Waals surface area contributed by atoms with Crippen molar-refractivity contribution >= 4 is 12.0 Å². The lowest BCUT2D eigenvalue weighted by Crippen LogP contribution is -2.45. The van der Waals surface area contributed by atoms with Crippen molar-refractivity contribution in [2.24, 2.45) is 11.3 Å². The molecule has 1 aliphatic rings. The van der Waals surface area contributed by atoms with Gasteiger partial charge in [-0.3, -0.25) is 4.79 Å². The molecule has 1 unspecified atom stereocenters. The molecule has 1 fully saturated rings. The average molecular weight is 272 g/mol. The summed E-state index contributed by atoms with van der Waals surface area (Å²) < 4.78 is 5.30. The predicted molar refractivity (Wildman–Crippen MR) is 71.0 cm³/mol. The zero-order valence-electron chi connectivity index (χ0n) is 11.7. The van der Waals surface area contributed by atoms with Gasteiger partial charge in [0.05, 0.1) is 5.92 Å². The van der Waals surface area contributed by atoms with E-state index in [0.717, 1.165) is 26.1 Å². The van der Waals surface area contributed by atoms with Gasteiger partial charge >= 0.3 is 12.0 Å². The fourth-order valence-corrected chi connectivity index (χ4v) is 2.02. The number of nitrogens with one attached hydrogen (secondary N) is 2. The number of amides is 2. The maximum Gasteiger partial charge on any atom is 0.314 e. The van der Waals surface area contributed by atoms with Crippen LogP contribution in [0.1, 0.15) is 33.1 Å². The molecular weight excluding hydrogens is 248 g/mol. The van der Waals surface area contributed by atoms with Crippen LogP contribution in [0.25, 0.3) is 0 Å². The lowest BCUT2D eigenvalue weighted by molar-refractivity contribution is -0.141. The van der Waals surface area contributed by atoms with Gasteiger partial charge in [0.25, 0.3) is 0 Å². The Hall–Kier alpha value is -1.30. The number of carboxylic acids is 1. The molecule has 1 rings (SSSR count). The highest BCUT2D eigenvalue weighted by molar-refractivity contribution is 5.75. The summed E-state index contributed by atoms with van der Waals surface area (Å²) in [5.74, 6) is -1.40. The molecule has 0 bridgehead atoms. The van der Waals surface area contributed by atoms with Crippen LogP contribution in [0.15, 0.2) is 0 Å². The number of carbonyl (C=O) groups excluding carboxylic acids is 1. The Balaban J connectivity index is 2.25. The van der Waals surface area contributed by atoms with E-state index in [1.807, 2.05) is 0 Å². The second-order valence-corrected chi connectivity index (χ2v) is 5.43. The number of rotatable bonds is 6. The first kappa shape index (κ1) is 15.8. The molecule has 110 valence electrons. The molecule has 6 nitrogen and oxygen atoms in total. The summed E-state index contributed by atoms with van der Waals surface area (Å²) in [7, 11) is 0. The van der Waals surface area contributed by atoms with E-state index < -0.39 is 11.9 Å². The highest BCUT2D eigenvalue weighted by Gasteiger charge is 2.27. The summed E-state index contributed by atoms with van der Waals surface area (Å²) in [6.45, 7) is 6.14. The smallest absolute Gasteiger partial charge is 0.314 e. The van der Waals surface area contributed by atoms with Crippen molar-refractivity contribution in [2.45, 2.75) is 33.1 Å². The molecule has 1 aliphatic heterocycles. The fourth-order valence-electron chi connectivity index (χ4n) is 2.02. The molecule has 3 N–H and O–H groups in total. The van der Waals surface area contributed by atoms with Crippen LogP contribution >= 0.6 is 0 Å². The topological polar surface area (TPSA) is 87.7 Å². The number of carbonyl (C=O) groups is 2. The molecule has 0 spiro atoms. The molecule has 0 saturated carbocycles. The third kappa shape index (κ3) is 5.46. The first-order chi connectivity index (χ1) is 8.97. The van der Waals surface area contributed by atoms with Gasteiger partial charge in [0, 0.05) is 26.3 Å². The fraction of sp³-hybridized carbons (Fsp3) is 0.846. The second kappa shape index (κ2) is 7.33. The first-order valence-corrected chi connectivity index (χ1v) is 6.79. The largest absolute Gasteiger partial charge is 0.481 e. The average Bonchev–Trinajstić information content (AvgIpc) is 2.38. The van der Waals surface area contributed by atoms with Gasteiger partial charge in [0.1, 0.15) is 0 Å². The van der Waals surface area contributed by atoms with Crippen molar-refractivity contribution in [1.29, 1.82) is 0 Å². The lowest BCUT2D eigenvalue weighted by atomic mass is 9.82. The highest BCUT2D eigenvalue weighted by atomic mass is 16.5. The molecule has 0 aliphatic carbocycles. The van der Waals surface area contributed by atoms with Crippen LogP contribution in [0.5, 0.6) is 0 Å². The molecule has 0 aromatic heterocycles. The summed E-state index contributed by atoms with van der Waals surface area (Å²) in [6.07, 6.45) is 2.37. The predicted octanol–water partition coefficient (Wildman–Crippen LogP) is 1.21. The maximum atomic E-state index is 11.6. The van der Waals surface area contributed by atoms with Gasteiger partial charge in [-0.25, -0.2) is 4.79 Å². The van der Waals surface area contributed by atoms with Crippen molar-refractivity contribution in [3.63, 3.8) is 0 Å². The van der Waals surface area contributed by atoms with E-state index >= 15 is 0 Å². The molecule has 1 atom stereocenters. The Bertz CT molecular complexity index is 314. The van der Waals surface area contributed by atoms with Crippen molar-refractivity contribution < 1.29 is 19.4 Å². The number of carboxylic acid groups (broad SMARTS) is 1. The van der Waals surface area contributed by atoms with Crippen LogP contribution in [0.2, 0.25) is 0 Å². The second-order valence-electron chi connectivity index (χ2n) is 5.43. The van der Waals surface area contributed by atoms with E-state index in [1.165, 1.54) is 0 Å². The minimum atomic E-state index is -0.876. The zero-order chi connectivity index (χ0) is 14.3. The SMILES string of the molecule is CCC(CNC(=O)NCC1(C)CCOCC1)C(=O)O. The third-order valence-corrected chi connectivity index (χ3v) is 3.73. The molecule has 6 heteroatoms. The quantitative estimate of drug-likeness (QED) is 0.678. The van der Waals surface area contributed by atoms with Crippen molar-refractivity contribution in [1.82, 2.24) is 10.6 Å². The summed E-state index contributed by atoms with van der Waals surface area (Å²) in [6, 6.07) is -0.299. The standard InChI is InChI=1S/C13H24N2O4/c1-3-10(11(16)17)8-14-12(18)15-9-13(2)4-6-19-7-5-13/h10H,3-9H2,1-2H3,(H,16,17)(H2,14,15,18). The van der Waals surface area contributed by atoms with Crippen LogP contribution in [-0.2, 0) is 9.53 Å². The van der Waals surface area contributed by atoms with Gasteiger partial charge < -0.3 is 20.5 Å². The Kier molecular flexibility index (Phi) is 6.08. The number of hydrogen-bond donors (Lipinski definition) is 3. The highest BCUT2D eigenvalue weighted by Crippen LogP contribution is 2.28. The molecule has 1 saturated heterocycles. The summed E-state index contributed by atoms with van der Waals surface area (Å²) in [4.78, 5) is 22.4. The van der Waals surface area contributed by atoms with Crippen LogP contribution < -0.4 is 10.6 Å². The number of ether oxygens (including phenoxy) is 1. The molecular formula is C13H24N2O4. The summed E-state index contributed by atoms with van der Waals surface area (Å²) in [5, 5.41) is 14.3. The monoisotopic (exact) mass is 272 g/mol. The van der Waals surface area contributed by atoms with Gasteiger partial charge in [-0.05, 0) is 24.7 Å². The Morgan fingerprint density at radius 1 is 1.32 bits per heavy atom. The lowest BCUT2D eigenvalue weighted by Gasteiger charge is -2.33. The number of hydrogen-bond acceptors (Lipinski definition) is 3. The van der Waals surface area contributed by atoms with Crippen molar-refractivity contribution in [3.05, 3.63) is 0 Å². The van der Waals surface area contributed by atoms with Crippen molar-refractivity contribution in [3.8, 4) is 0 Å². The molecule has 19 heavy (non-hydrogen) atoms. The van der Waals surface area contributed by atoms with E-state index in [2.05, 4.69) is 17.6 Å². The Labute approximate surface area is 113 Å². The van der Waals surface area contributed by atoms with Crippen LogP contribution in [0, 0.1) is 11.3 Å². The summed E-state index contributed by atoms with van der Waals surface area (Å²) in [5.41, 5.74) is 0.0759. The zero-order valence-corrected chi connectivity index (χ0v) is 11.7. The Morgan fingerprint density at radius 2 is 1.95 bits per heavy atom. The minimum Gasteiger partial charge on any atom is -0.481 e. The molecule has 1 heterocycles. The molecule has 0 aromatic rings. The van der Waals surface area contributed by atoms with E-state index in [0.29, 0.717) is 13.0 Å². The Morgan fingerprint density at radius 3 is 2.47 bits per heavy atom. The molecule has 0 radical (unpaired) electrons. The minimum absolute atomic E-state index is 0.0759. The van der Waals surface area contributed by atoms with Crippen LogP contribution in [0.4, 0.5) is 4.79 Å². The van der Waals surface area contributed by atoms with Crippen LogP contribution in [-0.4, -0.2) is 43.4 Å². The van der Waals surface area contributed by atoms with Gasteiger partial charge in [0.15, 0.2) is 0 Å². The molecule has 2 amide bonds. The van der Waals surface area contributed by atoms with E-state index in [4.69, 9.17) is 9.84 Å². The van der Waals surface area contributed by atoms with E-state index in [9.17, 15) is 9.59 Å². The van der Waals surface area contributed by atoms with Crippen molar-refractivity contribution in [2.75, 3.05) is 26.3 Å². The van der Waals surface area contributed by atoms with Gasteiger partial charge in [-0.2, -0.15) is 0 Å². The third-order valence-electron chi connectivity index (χ3n) is 3.73. The molecule has 0 aromatic carbocycles. The van der Waals surface area contributed by atoms with Crippen LogP contribution in [0.3, 0.4) is 0 Å². The first-order valence-electron chi connectivity index (χ1n) is 6.79. The van der Waals surface area contributed by atoms with E-state index in [-0.39, 0.29) is 18.0 Å². The van der Waals surface area contributed by atoms with Gasteiger partial charge in [-0.15, -0.1) is 0 Å².